The van der Waals surface area contributed by atoms with Gasteiger partial charge in [-0.3, -0.25) is 4.79 Å². The summed E-state index contributed by atoms with van der Waals surface area (Å²) in [4.78, 5) is 21.2. The normalized spacial score (nSPS) is 18.5. The summed E-state index contributed by atoms with van der Waals surface area (Å²) < 4.78 is 17.8. The van der Waals surface area contributed by atoms with Gasteiger partial charge in [-0.2, -0.15) is 4.37 Å². The van der Waals surface area contributed by atoms with Gasteiger partial charge in [0.15, 0.2) is 0 Å². The van der Waals surface area contributed by atoms with Crippen LogP contribution < -0.4 is 4.90 Å². The standard InChI is InChI=1S/C17H19FN4OS/c18-14-4-1-3-13(11-14)16(23)21-7-2-8-22(10-9-21)17-19-15(20-24-17)12-5-6-12/h1,3-4,11-12H,2,5-10H2. The van der Waals surface area contributed by atoms with Crippen LogP contribution in [0, 0.1) is 5.82 Å². The molecule has 1 aliphatic carbocycles. The Labute approximate surface area is 144 Å². The first kappa shape index (κ1) is 15.5. The summed E-state index contributed by atoms with van der Waals surface area (Å²) in [7, 11) is 0. The van der Waals surface area contributed by atoms with Crippen molar-refractivity contribution in [3.63, 3.8) is 0 Å². The van der Waals surface area contributed by atoms with Crippen LogP contribution in [0.2, 0.25) is 0 Å². The van der Waals surface area contributed by atoms with E-state index in [0.717, 1.165) is 30.5 Å². The maximum atomic E-state index is 13.3. The molecule has 126 valence electrons. The molecule has 2 aliphatic rings. The second-order valence-corrected chi connectivity index (χ2v) is 7.08. The van der Waals surface area contributed by atoms with E-state index in [-0.39, 0.29) is 11.7 Å². The molecule has 2 aromatic rings. The summed E-state index contributed by atoms with van der Waals surface area (Å²) in [6, 6.07) is 5.90. The minimum Gasteiger partial charge on any atom is -0.345 e. The lowest BCUT2D eigenvalue weighted by Gasteiger charge is -2.21. The molecule has 1 aromatic carbocycles. The zero-order valence-corrected chi connectivity index (χ0v) is 14.1. The molecule has 1 aromatic heterocycles. The molecule has 0 bridgehead atoms. The largest absolute Gasteiger partial charge is 0.345 e. The zero-order chi connectivity index (χ0) is 16.5. The lowest BCUT2D eigenvalue weighted by atomic mass is 10.2. The molecule has 1 saturated heterocycles. The van der Waals surface area contributed by atoms with Crippen LogP contribution >= 0.6 is 11.5 Å². The van der Waals surface area contributed by atoms with E-state index in [9.17, 15) is 9.18 Å². The number of hydrogen-bond acceptors (Lipinski definition) is 5. The summed E-state index contributed by atoms with van der Waals surface area (Å²) in [5, 5.41) is 0.956. The molecular formula is C17H19FN4OS. The molecule has 0 unspecified atom stereocenters. The molecule has 1 saturated carbocycles. The molecule has 1 amide bonds. The number of benzene rings is 1. The van der Waals surface area contributed by atoms with Crippen molar-refractivity contribution in [1.29, 1.82) is 0 Å². The fourth-order valence-corrected chi connectivity index (χ4v) is 3.78. The van der Waals surface area contributed by atoms with Crippen LogP contribution in [0.3, 0.4) is 0 Å². The van der Waals surface area contributed by atoms with Crippen molar-refractivity contribution in [2.24, 2.45) is 0 Å². The number of nitrogens with zero attached hydrogens (tertiary/aromatic N) is 4. The van der Waals surface area contributed by atoms with E-state index in [4.69, 9.17) is 0 Å². The van der Waals surface area contributed by atoms with Crippen molar-refractivity contribution in [2.75, 3.05) is 31.1 Å². The molecule has 2 fully saturated rings. The number of carbonyl (C=O) groups is 1. The Balaban J connectivity index is 1.42. The Morgan fingerprint density at radius 3 is 2.88 bits per heavy atom. The first-order valence-electron chi connectivity index (χ1n) is 8.34. The van der Waals surface area contributed by atoms with Crippen molar-refractivity contribution >= 4 is 22.6 Å². The predicted molar refractivity (Wildman–Crippen MR) is 91.0 cm³/mol. The first-order valence-corrected chi connectivity index (χ1v) is 9.11. The number of amides is 1. The Hall–Kier alpha value is -2.02. The monoisotopic (exact) mass is 346 g/mol. The maximum absolute atomic E-state index is 13.3. The smallest absolute Gasteiger partial charge is 0.254 e. The fraction of sp³-hybridized carbons (Fsp3) is 0.471. The van der Waals surface area contributed by atoms with Gasteiger partial charge < -0.3 is 9.80 Å². The summed E-state index contributed by atoms with van der Waals surface area (Å²) in [6.07, 6.45) is 3.28. The zero-order valence-electron chi connectivity index (χ0n) is 13.3. The van der Waals surface area contributed by atoms with E-state index in [1.165, 1.54) is 36.5 Å². The predicted octanol–water partition coefficient (Wildman–Crippen LogP) is 2.91. The molecule has 4 rings (SSSR count). The first-order chi connectivity index (χ1) is 11.7. The number of rotatable bonds is 3. The third-order valence-electron chi connectivity index (χ3n) is 4.50. The molecule has 1 aliphatic heterocycles. The number of anilines is 1. The second kappa shape index (κ2) is 6.47. The summed E-state index contributed by atoms with van der Waals surface area (Å²) in [6.45, 7) is 2.90. The van der Waals surface area contributed by atoms with Crippen LogP contribution in [0.4, 0.5) is 9.52 Å². The van der Waals surface area contributed by atoms with E-state index >= 15 is 0 Å². The highest BCUT2D eigenvalue weighted by Gasteiger charge is 2.29. The van der Waals surface area contributed by atoms with Crippen molar-refractivity contribution in [3.8, 4) is 0 Å². The number of hydrogen-bond donors (Lipinski definition) is 0. The van der Waals surface area contributed by atoms with Gasteiger partial charge in [0, 0.05) is 49.2 Å². The van der Waals surface area contributed by atoms with Gasteiger partial charge in [0.05, 0.1) is 0 Å². The van der Waals surface area contributed by atoms with Gasteiger partial charge in [-0.05, 0) is 37.5 Å². The van der Waals surface area contributed by atoms with Crippen molar-refractivity contribution in [3.05, 3.63) is 41.5 Å². The van der Waals surface area contributed by atoms with E-state index in [2.05, 4.69) is 14.3 Å². The average molecular weight is 346 g/mol. The SMILES string of the molecule is O=C(c1cccc(F)c1)N1CCCN(c2nc(C3CC3)ns2)CC1. The lowest BCUT2D eigenvalue weighted by molar-refractivity contribution is 0.0766. The third kappa shape index (κ3) is 3.26. The molecule has 2 heterocycles. The van der Waals surface area contributed by atoms with Crippen LogP contribution in [-0.4, -0.2) is 46.3 Å². The van der Waals surface area contributed by atoms with Crippen LogP contribution in [0.5, 0.6) is 0 Å². The quantitative estimate of drug-likeness (QED) is 0.857. The maximum Gasteiger partial charge on any atom is 0.254 e. The Morgan fingerprint density at radius 2 is 2.08 bits per heavy atom. The van der Waals surface area contributed by atoms with Gasteiger partial charge in [0.2, 0.25) is 5.13 Å². The highest BCUT2D eigenvalue weighted by molar-refractivity contribution is 7.09. The Morgan fingerprint density at radius 1 is 1.21 bits per heavy atom. The molecule has 0 spiro atoms. The molecule has 0 radical (unpaired) electrons. The molecule has 24 heavy (non-hydrogen) atoms. The van der Waals surface area contributed by atoms with Crippen LogP contribution in [0.15, 0.2) is 24.3 Å². The van der Waals surface area contributed by atoms with Gasteiger partial charge in [-0.15, -0.1) is 0 Å². The van der Waals surface area contributed by atoms with E-state index in [1.54, 1.807) is 17.0 Å². The van der Waals surface area contributed by atoms with Gasteiger partial charge in [-0.25, -0.2) is 9.37 Å². The fourth-order valence-electron chi connectivity index (χ4n) is 2.98. The van der Waals surface area contributed by atoms with Gasteiger partial charge in [-0.1, -0.05) is 6.07 Å². The van der Waals surface area contributed by atoms with E-state index in [0.29, 0.717) is 24.6 Å². The van der Waals surface area contributed by atoms with Gasteiger partial charge in [0.1, 0.15) is 11.6 Å². The number of aromatic nitrogens is 2. The molecule has 0 N–H and O–H groups in total. The molecular weight excluding hydrogens is 327 g/mol. The van der Waals surface area contributed by atoms with E-state index < -0.39 is 0 Å². The van der Waals surface area contributed by atoms with Crippen molar-refractivity contribution in [1.82, 2.24) is 14.3 Å². The summed E-state index contributed by atoms with van der Waals surface area (Å²) in [5.41, 5.74) is 0.412. The van der Waals surface area contributed by atoms with Gasteiger partial charge >= 0.3 is 0 Å². The van der Waals surface area contributed by atoms with Gasteiger partial charge in [0.25, 0.3) is 5.91 Å². The lowest BCUT2D eigenvalue weighted by Crippen LogP contribution is -2.35. The second-order valence-electron chi connectivity index (χ2n) is 6.35. The van der Waals surface area contributed by atoms with Crippen LogP contribution in [0.1, 0.15) is 41.4 Å². The number of halogens is 1. The van der Waals surface area contributed by atoms with Crippen molar-refractivity contribution in [2.45, 2.75) is 25.2 Å². The minimum atomic E-state index is -0.376. The minimum absolute atomic E-state index is 0.104. The summed E-state index contributed by atoms with van der Waals surface area (Å²) in [5.74, 6) is 1.06. The third-order valence-corrected chi connectivity index (χ3v) is 5.29. The summed E-state index contributed by atoms with van der Waals surface area (Å²) >= 11 is 1.45. The van der Waals surface area contributed by atoms with E-state index in [1.807, 2.05) is 0 Å². The van der Waals surface area contributed by atoms with Crippen LogP contribution in [-0.2, 0) is 0 Å². The Kier molecular flexibility index (Phi) is 4.18. The highest BCUT2D eigenvalue weighted by atomic mass is 32.1. The molecule has 5 nitrogen and oxygen atoms in total. The van der Waals surface area contributed by atoms with Crippen molar-refractivity contribution < 1.29 is 9.18 Å². The molecule has 0 atom stereocenters. The highest BCUT2D eigenvalue weighted by Crippen LogP contribution is 2.39. The van der Waals surface area contributed by atoms with Crippen LogP contribution in [0.25, 0.3) is 0 Å². The Bertz CT molecular complexity index is 746. The average Bonchev–Trinajstić information content (AvgIpc) is 3.37. The molecule has 7 heteroatoms. The number of carbonyl (C=O) groups excluding carboxylic acids is 1. The topological polar surface area (TPSA) is 49.3 Å².